The van der Waals surface area contributed by atoms with E-state index in [4.69, 9.17) is 0 Å². The number of rotatable bonds is 4. The predicted molar refractivity (Wildman–Crippen MR) is 78.7 cm³/mol. The molecule has 0 aliphatic heterocycles. The van der Waals surface area contributed by atoms with E-state index < -0.39 is 0 Å². The van der Waals surface area contributed by atoms with Crippen LogP contribution in [0.25, 0.3) is 16.7 Å². The van der Waals surface area contributed by atoms with E-state index in [1.807, 2.05) is 36.9 Å². The second-order valence-electron chi connectivity index (χ2n) is 5.26. The maximum atomic E-state index is 4.46. The molecular weight excluding hydrogens is 248 g/mol. The Bertz CT molecular complexity index is 743. The first-order valence-electron chi connectivity index (χ1n) is 7.00. The molecule has 4 nitrogen and oxygen atoms in total. The van der Waals surface area contributed by atoms with Crippen LogP contribution in [0.1, 0.15) is 18.4 Å². The highest BCUT2D eigenvalue weighted by molar-refractivity contribution is 5.77. The molecule has 1 fully saturated rings. The summed E-state index contributed by atoms with van der Waals surface area (Å²) in [5, 5.41) is 3.56. The van der Waals surface area contributed by atoms with Crippen LogP contribution >= 0.6 is 0 Å². The number of aromatic nitrogens is 3. The number of hydrogen-bond acceptors (Lipinski definition) is 3. The van der Waals surface area contributed by atoms with Crippen molar-refractivity contribution >= 4 is 11.0 Å². The fourth-order valence-corrected chi connectivity index (χ4v) is 2.47. The Hall–Kier alpha value is -2.20. The van der Waals surface area contributed by atoms with Crippen molar-refractivity contribution in [3.63, 3.8) is 0 Å². The molecule has 0 saturated heterocycles. The van der Waals surface area contributed by atoms with Gasteiger partial charge in [0.2, 0.25) is 0 Å². The van der Waals surface area contributed by atoms with Gasteiger partial charge < -0.3 is 5.32 Å². The zero-order valence-electron chi connectivity index (χ0n) is 11.2. The smallest absolute Gasteiger partial charge is 0.100 e. The third-order valence-electron chi connectivity index (χ3n) is 3.76. The number of imidazole rings is 1. The van der Waals surface area contributed by atoms with Crippen LogP contribution in [0, 0.1) is 0 Å². The van der Waals surface area contributed by atoms with E-state index in [1.54, 1.807) is 0 Å². The molecule has 3 aromatic rings. The normalized spacial score (nSPS) is 14.8. The number of para-hydroxylation sites is 2. The summed E-state index contributed by atoms with van der Waals surface area (Å²) in [6.07, 6.45) is 8.25. The molecule has 1 aliphatic rings. The van der Waals surface area contributed by atoms with Crippen molar-refractivity contribution in [2.75, 3.05) is 0 Å². The number of pyridine rings is 1. The zero-order valence-corrected chi connectivity index (χ0v) is 11.2. The SMILES string of the molecule is c1ccc2c(c1)ncn2-c1cnccc1CNC1CC1. The van der Waals surface area contributed by atoms with Crippen LogP contribution in [0.4, 0.5) is 0 Å². The number of benzene rings is 1. The second-order valence-corrected chi connectivity index (χ2v) is 5.26. The fraction of sp³-hybridized carbons (Fsp3) is 0.250. The van der Waals surface area contributed by atoms with E-state index in [0.717, 1.165) is 23.3 Å². The average molecular weight is 264 g/mol. The summed E-state index contributed by atoms with van der Waals surface area (Å²) in [5.41, 5.74) is 4.50. The van der Waals surface area contributed by atoms with Gasteiger partial charge in [0.05, 0.1) is 22.9 Å². The lowest BCUT2D eigenvalue weighted by Gasteiger charge is -2.11. The first-order valence-corrected chi connectivity index (χ1v) is 7.00. The standard InChI is InChI=1S/C16H16N4/c1-2-4-15-14(3-1)19-11-20(15)16-10-17-8-7-12(16)9-18-13-5-6-13/h1-4,7-8,10-11,13,18H,5-6,9H2. The average Bonchev–Trinajstić information content (AvgIpc) is 3.23. The molecule has 0 spiro atoms. The molecule has 1 aromatic carbocycles. The van der Waals surface area contributed by atoms with Crippen molar-refractivity contribution in [1.82, 2.24) is 19.9 Å². The van der Waals surface area contributed by atoms with Crippen LogP contribution in [0.15, 0.2) is 49.1 Å². The number of nitrogens with one attached hydrogen (secondary N) is 1. The Balaban J connectivity index is 1.76. The van der Waals surface area contributed by atoms with Crippen LogP contribution in [0.3, 0.4) is 0 Å². The van der Waals surface area contributed by atoms with Gasteiger partial charge in [0.15, 0.2) is 0 Å². The molecule has 4 rings (SSSR count). The van der Waals surface area contributed by atoms with Crippen LogP contribution in [-0.2, 0) is 6.54 Å². The van der Waals surface area contributed by atoms with Crippen LogP contribution in [-0.4, -0.2) is 20.6 Å². The maximum Gasteiger partial charge on any atom is 0.100 e. The summed E-state index contributed by atoms with van der Waals surface area (Å²) in [7, 11) is 0. The van der Waals surface area contributed by atoms with Gasteiger partial charge in [-0.05, 0) is 36.6 Å². The summed E-state index contributed by atoms with van der Waals surface area (Å²) < 4.78 is 2.12. The Morgan fingerprint density at radius 2 is 2.10 bits per heavy atom. The topological polar surface area (TPSA) is 42.7 Å². The molecule has 0 amide bonds. The number of nitrogens with zero attached hydrogens (tertiary/aromatic N) is 3. The van der Waals surface area contributed by atoms with Crippen molar-refractivity contribution < 1.29 is 0 Å². The lowest BCUT2D eigenvalue weighted by atomic mass is 10.2. The molecule has 0 bridgehead atoms. The van der Waals surface area contributed by atoms with E-state index in [2.05, 4.69) is 32.0 Å². The van der Waals surface area contributed by atoms with E-state index in [1.165, 1.54) is 18.4 Å². The minimum absolute atomic E-state index is 0.704. The molecular formula is C16H16N4. The fourth-order valence-electron chi connectivity index (χ4n) is 2.47. The van der Waals surface area contributed by atoms with Gasteiger partial charge in [0, 0.05) is 18.8 Å². The summed E-state index contributed by atoms with van der Waals surface area (Å²) in [6, 6.07) is 11.0. The van der Waals surface area contributed by atoms with Crippen molar-refractivity contribution in [3.8, 4) is 5.69 Å². The summed E-state index contributed by atoms with van der Waals surface area (Å²) in [4.78, 5) is 8.73. The molecule has 1 N–H and O–H groups in total. The molecule has 1 saturated carbocycles. The van der Waals surface area contributed by atoms with Crippen molar-refractivity contribution in [2.24, 2.45) is 0 Å². The summed E-state index contributed by atoms with van der Waals surface area (Å²) in [5.74, 6) is 0. The highest BCUT2D eigenvalue weighted by atomic mass is 15.1. The molecule has 2 heterocycles. The zero-order chi connectivity index (χ0) is 13.4. The largest absolute Gasteiger partial charge is 0.310 e. The Labute approximate surface area is 117 Å². The van der Waals surface area contributed by atoms with E-state index in [-0.39, 0.29) is 0 Å². The van der Waals surface area contributed by atoms with Gasteiger partial charge >= 0.3 is 0 Å². The maximum absolute atomic E-state index is 4.46. The monoisotopic (exact) mass is 264 g/mol. The van der Waals surface area contributed by atoms with Gasteiger partial charge in [-0.3, -0.25) is 9.55 Å². The van der Waals surface area contributed by atoms with Crippen molar-refractivity contribution in [3.05, 3.63) is 54.6 Å². The molecule has 0 unspecified atom stereocenters. The second kappa shape index (κ2) is 4.72. The van der Waals surface area contributed by atoms with Gasteiger partial charge in [-0.1, -0.05) is 12.1 Å². The minimum Gasteiger partial charge on any atom is -0.310 e. The van der Waals surface area contributed by atoms with E-state index >= 15 is 0 Å². The van der Waals surface area contributed by atoms with Gasteiger partial charge in [-0.25, -0.2) is 4.98 Å². The van der Waals surface area contributed by atoms with Crippen LogP contribution in [0.5, 0.6) is 0 Å². The van der Waals surface area contributed by atoms with Crippen molar-refractivity contribution in [1.29, 1.82) is 0 Å². The van der Waals surface area contributed by atoms with Crippen LogP contribution in [0.2, 0.25) is 0 Å². The third-order valence-corrected chi connectivity index (χ3v) is 3.76. The van der Waals surface area contributed by atoms with Gasteiger partial charge in [-0.2, -0.15) is 0 Å². The first kappa shape index (κ1) is 11.6. The lowest BCUT2D eigenvalue weighted by Crippen LogP contribution is -2.16. The predicted octanol–water partition coefficient (Wildman–Crippen LogP) is 2.67. The molecule has 0 radical (unpaired) electrons. The minimum atomic E-state index is 0.704. The van der Waals surface area contributed by atoms with E-state index in [0.29, 0.717) is 6.04 Å². The highest BCUT2D eigenvalue weighted by Gasteiger charge is 2.20. The van der Waals surface area contributed by atoms with Gasteiger partial charge in [0.25, 0.3) is 0 Å². The molecule has 1 aliphatic carbocycles. The van der Waals surface area contributed by atoms with Crippen molar-refractivity contribution in [2.45, 2.75) is 25.4 Å². The quantitative estimate of drug-likeness (QED) is 0.788. The highest BCUT2D eigenvalue weighted by Crippen LogP contribution is 2.22. The summed E-state index contributed by atoms with van der Waals surface area (Å²) >= 11 is 0. The molecule has 2 aromatic heterocycles. The molecule has 4 heteroatoms. The molecule has 100 valence electrons. The van der Waals surface area contributed by atoms with Gasteiger partial charge in [0.1, 0.15) is 6.33 Å². The van der Waals surface area contributed by atoms with Gasteiger partial charge in [-0.15, -0.1) is 0 Å². The molecule has 0 atom stereocenters. The summed E-state index contributed by atoms with van der Waals surface area (Å²) in [6.45, 7) is 0.884. The Morgan fingerprint density at radius 1 is 1.20 bits per heavy atom. The lowest BCUT2D eigenvalue weighted by molar-refractivity contribution is 0.684. The Morgan fingerprint density at radius 3 is 3.00 bits per heavy atom. The molecule has 20 heavy (non-hydrogen) atoms. The Kier molecular flexibility index (Phi) is 2.74. The van der Waals surface area contributed by atoms with Crippen LogP contribution < -0.4 is 5.32 Å². The number of fused-ring (bicyclic) bond motifs is 1. The van der Waals surface area contributed by atoms with E-state index in [9.17, 15) is 0 Å². The first-order chi connectivity index (χ1) is 9.92. The third kappa shape index (κ3) is 2.08. The number of hydrogen-bond donors (Lipinski definition) is 1.